The van der Waals surface area contributed by atoms with Gasteiger partial charge in [0.1, 0.15) is 0 Å². The maximum absolute atomic E-state index is 5.15. The van der Waals surface area contributed by atoms with Crippen LogP contribution in [-0.4, -0.2) is 20.3 Å². The minimum Gasteiger partial charge on any atom is -0.382 e. The molecule has 0 amide bonds. The van der Waals surface area contributed by atoms with Gasteiger partial charge in [0, 0.05) is 16.9 Å². The van der Waals surface area contributed by atoms with E-state index in [9.17, 15) is 0 Å². The zero-order chi connectivity index (χ0) is 10.2. The highest BCUT2D eigenvalue weighted by atomic mass is 32.1. The molecule has 1 heterocycles. The zero-order valence-corrected chi connectivity index (χ0v) is 9.52. The van der Waals surface area contributed by atoms with Gasteiger partial charge in [0.15, 0.2) is 0 Å². The van der Waals surface area contributed by atoms with Crippen molar-refractivity contribution in [2.75, 3.05) is 20.3 Å². The molecule has 0 atom stereocenters. The Morgan fingerprint density at radius 3 is 2.71 bits per heavy atom. The van der Waals surface area contributed by atoms with Crippen LogP contribution in [0.5, 0.6) is 0 Å². The normalized spacial score (nSPS) is 10.7. The van der Waals surface area contributed by atoms with Crippen molar-refractivity contribution in [1.29, 1.82) is 0 Å². The summed E-state index contributed by atoms with van der Waals surface area (Å²) in [5.74, 6) is 0. The molecule has 0 aliphatic heterocycles. The second kappa shape index (κ2) is 6.95. The van der Waals surface area contributed by atoms with Gasteiger partial charge in [0.25, 0.3) is 0 Å². The molecule has 0 aliphatic rings. The van der Waals surface area contributed by atoms with E-state index in [-0.39, 0.29) is 0 Å². The molecule has 1 rings (SSSR count). The molecule has 14 heavy (non-hydrogen) atoms. The van der Waals surface area contributed by atoms with Gasteiger partial charge in [-0.1, -0.05) is 6.92 Å². The molecule has 0 saturated carbocycles. The predicted octanol–water partition coefficient (Wildman–Crippen LogP) is 1.98. The molecule has 0 fully saturated rings. The zero-order valence-electron chi connectivity index (χ0n) is 8.71. The van der Waals surface area contributed by atoms with Crippen LogP contribution < -0.4 is 5.48 Å². The Bertz CT molecular complexity index is 250. The van der Waals surface area contributed by atoms with E-state index < -0.39 is 0 Å². The maximum Gasteiger partial charge on any atom is 0.0916 e. The maximum atomic E-state index is 5.15. The van der Waals surface area contributed by atoms with Gasteiger partial charge in [0.2, 0.25) is 0 Å². The second-order valence-corrected chi connectivity index (χ2v) is 4.14. The van der Waals surface area contributed by atoms with Crippen molar-refractivity contribution in [2.45, 2.75) is 19.9 Å². The summed E-state index contributed by atoms with van der Waals surface area (Å²) in [5, 5.41) is 0. The van der Waals surface area contributed by atoms with Gasteiger partial charge in [-0.3, -0.25) is 4.84 Å². The SMILES string of the molecule is CCc1ccc(CNOCCOC)s1. The highest BCUT2D eigenvalue weighted by Gasteiger charge is 1.97. The fraction of sp³-hybridized carbons (Fsp3) is 0.600. The van der Waals surface area contributed by atoms with E-state index in [1.54, 1.807) is 7.11 Å². The smallest absolute Gasteiger partial charge is 0.0916 e. The lowest BCUT2D eigenvalue weighted by molar-refractivity contribution is 0.00387. The van der Waals surface area contributed by atoms with Crippen LogP contribution in [0, 0.1) is 0 Å². The second-order valence-electron chi connectivity index (χ2n) is 2.88. The van der Waals surface area contributed by atoms with Crippen molar-refractivity contribution < 1.29 is 9.57 Å². The van der Waals surface area contributed by atoms with E-state index >= 15 is 0 Å². The molecule has 1 aromatic heterocycles. The largest absolute Gasteiger partial charge is 0.382 e. The number of hydroxylamine groups is 1. The molecule has 0 saturated heterocycles. The molecule has 0 aliphatic carbocycles. The van der Waals surface area contributed by atoms with Crippen molar-refractivity contribution in [3.8, 4) is 0 Å². The molecule has 1 N–H and O–H groups in total. The average molecular weight is 215 g/mol. The summed E-state index contributed by atoms with van der Waals surface area (Å²) in [6, 6.07) is 4.30. The van der Waals surface area contributed by atoms with Crippen LogP contribution in [0.3, 0.4) is 0 Å². The van der Waals surface area contributed by atoms with E-state index in [2.05, 4.69) is 24.5 Å². The highest BCUT2D eigenvalue weighted by molar-refractivity contribution is 7.11. The van der Waals surface area contributed by atoms with E-state index in [4.69, 9.17) is 9.57 Å². The minimum atomic E-state index is 0.586. The Balaban J connectivity index is 2.12. The van der Waals surface area contributed by atoms with Gasteiger partial charge in [-0.05, 0) is 18.6 Å². The highest BCUT2D eigenvalue weighted by Crippen LogP contribution is 2.16. The van der Waals surface area contributed by atoms with Gasteiger partial charge >= 0.3 is 0 Å². The monoisotopic (exact) mass is 215 g/mol. The van der Waals surface area contributed by atoms with Crippen molar-refractivity contribution in [2.24, 2.45) is 0 Å². The quantitative estimate of drug-likeness (QED) is 0.557. The summed E-state index contributed by atoms with van der Waals surface area (Å²) in [6.45, 7) is 4.15. The predicted molar refractivity (Wildman–Crippen MR) is 58.4 cm³/mol. The van der Waals surface area contributed by atoms with Crippen LogP contribution in [0.25, 0.3) is 0 Å². The van der Waals surface area contributed by atoms with Gasteiger partial charge in [-0.15, -0.1) is 11.3 Å². The molecular formula is C10H17NO2S. The van der Waals surface area contributed by atoms with Crippen LogP contribution in [0.1, 0.15) is 16.7 Å². The summed E-state index contributed by atoms with van der Waals surface area (Å²) in [5.41, 5.74) is 2.90. The Labute approximate surface area is 89.0 Å². The first-order chi connectivity index (χ1) is 6.86. The Morgan fingerprint density at radius 2 is 2.07 bits per heavy atom. The number of methoxy groups -OCH3 is 1. The first-order valence-corrected chi connectivity index (χ1v) is 5.59. The fourth-order valence-corrected chi connectivity index (χ4v) is 1.91. The van der Waals surface area contributed by atoms with Gasteiger partial charge in [-0.2, -0.15) is 5.48 Å². The molecule has 3 nitrogen and oxygen atoms in total. The third kappa shape index (κ3) is 4.19. The van der Waals surface area contributed by atoms with Crippen LogP contribution in [0.4, 0.5) is 0 Å². The van der Waals surface area contributed by atoms with Crippen LogP contribution in [0.2, 0.25) is 0 Å². The molecule has 0 radical (unpaired) electrons. The third-order valence-corrected chi connectivity index (χ3v) is 3.03. The summed E-state index contributed by atoms with van der Waals surface area (Å²) >= 11 is 1.82. The first kappa shape index (κ1) is 11.7. The summed E-state index contributed by atoms with van der Waals surface area (Å²) < 4.78 is 4.85. The lowest BCUT2D eigenvalue weighted by Crippen LogP contribution is -2.16. The molecule has 4 heteroatoms. The van der Waals surface area contributed by atoms with Crippen molar-refractivity contribution >= 4 is 11.3 Å². The third-order valence-electron chi connectivity index (χ3n) is 1.80. The standard InChI is InChI=1S/C10H17NO2S/c1-3-9-4-5-10(14-9)8-11-13-7-6-12-2/h4-5,11H,3,6-8H2,1-2H3. The fourth-order valence-electron chi connectivity index (χ4n) is 1.03. The van der Waals surface area contributed by atoms with Crippen LogP contribution in [-0.2, 0) is 22.5 Å². The van der Waals surface area contributed by atoms with E-state index in [1.165, 1.54) is 9.75 Å². The van der Waals surface area contributed by atoms with Crippen LogP contribution in [0.15, 0.2) is 12.1 Å². The number of hydrogen-bond donors (Lipinski definition) is 1. The number of aryl methyl sites for hydroxylation is 1. The molecule has 0 bridgehead atoms. The summed E-state index contributed by atoms with van der Waals surface area (Å²) in [6.07, 6.45) is 1.11. The molecule has 80 valence electrons. The Hall–Kier alpha value is -0.420. The number of thiophene rings is 1. The van der Waals surface area contributed by atoms with Gasteiger partial charge in [0.05, 0.1) is 19.8 Å². The summed E-state index contributed by atoms with van der Waals surface area (Å²) in [4.78, 5) is 7.87. The van der Waals surface area contributed by atoms with E-state index in [0.29, 0.717) is 13.2 Å². The topological polar surface area (TPSA) is 30.5 Å². The van der Waals surface area contributed by atoms with E-state index in [1.807, 2.05) is 11.3 Å². The lowest BCUT2D eigenvalue weighted by atomic mass is 10.4. The van der Waals surface area contributed by atoms with Gasteiger partial charge in [-0.25, -0.2) is 0 Å². The minimum absolute atomic E-state index is 0.586. The van der Waals surface area contributed by atoms with Crippen molar-refractivity contribution in [1.82, 2.24) is 5.48 Å². The number of hydrogen-bond acceptors (Lipinski definition) is 4. The van der Waals surface area contributed by atoms with Crippen molar-refractivity contribution in [3.63, 3.8) is 0 Å². The number of rotatable bonds is 7. The molecule has 0 unspecified atom stereocenters. The Kier molecular flexibility index (Phi) is 5.78. The van der Waals surface area contributed by atoms with E-state index in [0.717, 1.165) is 13.0 Å². The van der Waals surface area contributed by atoms with Crippen molar-refractivity contribution in [3.05, 3.63) is 21.9 Å². The molecule has 0 spiro atoms. The average Bonchev–Trinajstić information content (AvgIpc) is 2.65. The number of nitrogens with one attached hydrogen (secondary N) is 1. The molecule has 0 aromatic carbocycles. The van der Waals surface area contributed by atoms with Gasteiger partial charge < -0.3 is 4.74 Å². The Morgan fingerprint density at radius 1 is 1.29 bits per heavy atom. The summed E-state index contributed by atoms with van der Waals surface area (Å²) in [7, 11) is 1.66. The first-order valence-electron chi connectivity index (χ1n) is 4.78. The molecule has 1 aromatic rings. The lowest BCUT2D eigenvalue weighted by Gasteiger charge is -2.02. The van der Waals surface area contributed by atoms with Crippen LogP contribution >= 0.6 is 11.3 Å². The molecular weight excluding hydrogens is 198 g/mol. The number of ether oxygens (including phenoxy) is 1.